The number of carbonyl (C=O) groups excluding carboxylic acids is 1. The first kappa shape index (κ1) is 18.0. The molecular weight excluding hydrogens is 303 g/mol. The number of rotatable bonds is 7. The molecular formula is C18H24F3NO. The smallest absolute Gasteiger partial charge is 0.303 e. The molecule has 0 N–H and O–H groups in total. The van der Waals surface area contributed by atoms with Crippen LogP contribution in [0.25, 0.3) is 0 Å². The molecule has 1 aromatic carbocycles. The maximum absolute atomic E-state index is 12.5. The van der Waals surface area contributed by atoms with Crippen molar-refractivity contribution in [3.05, 3.63) is 35.4 Å². The molecule has 0 saturated carbocycles. The Kier molecular flexibility index (Phi) is 6.63. The van der Waals surface area contributed by atoms with Crippen molar-refractivity contribution in [2.24, 2.45) is 0 Å². The number of Topliss-reactive ketones (excluding diaryl/α,β-unsaturated/α-hetero) is 1. The minimum atomic E-state index is -4.35. The van der Waals surface area contributed by atoms with Gasteiger partial charge in [-0.3, -0.25) is 4.79 Å². The molecule has 1 heterocycles. The Morgan fingerprint density at radius 2 is 1.61 bits per heavy atom. The van der Waals surface area contributed by atoms with Gasteiger partial charge in [0, 0.05) is 12.0 Å². The minimum absolute atomic E-state index is 0.0725. The van der Waals surface area contributed by atoms with Crippen LogP contribution >= 0.6 is 0 Å². The number of nitrogens with zero attached hydrogens (tertiary/aromatic N) is 1. The molecule has 1 saturated heterocycles. The van der Waals surface area contributed by atoms with Gasteiger partial charge in [0.2, 0.25) is 0 Å². The molecule has 0 aromatic heterocycles. The Balaban J connectivity index is 1.66. The van der Waals surface area contributed by atoms with E-state index < -0.39 is 11.7 Å². The van der Waals surface area contributed by atoms with Crippen molar-refractivity contribution in [2.75, 3.05) is 19.6 Å². The summed E-state index contributed by atoms with van der Waals surface area (Å²) >= 11 is 0. The predicted molar refractivity (Wildman–Crippen MR) is 84.5 cm³/mol. The average molecular weight is 327 g/mol. The lowest BCUT2D eigenvalue weighted by Gasteiger charge is -2.26. The summed E-state index contributed by atoms with van der Waals surface area (Å²) in [5, 5.41) is 0. The van der Waals surface area contributed by atoms with Crippen molar-refractivity contribution >= 4 is 5.78 Å². The number of carbonyl (C=O) groups is 1. The third-order valence-electron chi connectivity index (χ3n) is 4.36. The molecule has 128 valence electrons. The van der Waals surface area contributed by atoms with Gasteiger partial charge >= 0.3 is 6.18 Å². The van der Waals surface area contributed by atoms with Crippen LogP contribution in [-0.4, -0.2) is 30.3 Å². The number of ketones is 1. The number of halogens is 3. The molecule has 0 amide bonds. The van der Waals surface area contributed by atoms with Crippen molar-refractivity contribution in [1.82, 2.24) is 4.90 Å². The lowest BCUT2D eigenvalue weighted by molar-refractivity contribution is -0.137. The molecule has 0 bridgehead atoms. The first-order valence-corrected chi connectivity index (χ1v) is 8.39. The highest BCUT2D eigenvalue weighted by Crippen LogP contribution is 2.29. The van der Waals surface area contributed by atoms with Crippen LogP contribution in [0.5, 0.6) is 0 Å². The fourth-order valence-corrected chi connectivity index (χ4v) is 2.97. The van der Waals surface area contributed by atoms with E-state index in [4.69, 9.17) is 0 Å². The Morgan fingerprint density at radius 3 is 2.22 bits per heavy atom. The normalized spacial score (nSPS) is 16.5. The summed E-state index contributed by atoms with van der Waals surface area (Å²) in [5.41, 5.74) is -0.343. The zero-order valence-corrected chi connectivity index (χ0v) is 13.4. The number of unbranched alkanes of at least 4 members (excludes halogenated alkanes) is 2. The monoisotopic (exact) mass is 327 g/mol. The van der Waals surface area contributed by atoms with Gasteiger partial charge in [-0.25, -0.2) is 0 Å². The molecule has 0 atom stereocenters. The van der Waals surface area contributed by atoms with Gasteiger partial charge in [0.15, 0.2) is 5.78 Å². The van der Waals surface area contributed by atoms with Crippen molar-refractivity contribution in [2.45, 2.75) is 51.1 Å². The van der Waals surface area contributed by atoms with Crippen molar-refractivity contribution in [3.63, 3.8) is 0 Å². The molecule has 1 aromatic rings. The number of likely N-dealkylation sites (tertiary alicyclic amines) is 1. The van der Waals surface area contributed by atoms with Crippen LogP contribution in [0.3, 0.4) is 0 Å². The first-order valence-electron chi connectivity index (χ1n) is 8.39. The molecule has 5 heteroatoms. The lowest BCUT2D eigenvalue weighted by atomic mass is 10.0. The Morgan fingerprint density at radius 1 is 0.957 bits per heavy atom. The van der Waals surface area contributed by atoms with E-state index in [9.17, 15) is 18.0 Å². The Bertz CT molecular complexity index is 490. The van der Waals surface area contributed by atoms with E-state index in [1.807, 2.05) is 0 Å². The van der Waals surface area contributed by atoms with Crippen LogP contribution < -0.4 is 0 Å². The number of hydrogen-bond donors (Lipinski definition) is 0. The standard InChI is InChI=1S/C18H24F3NO/c19-18(20,21)16-10-8-15(9-11-16)17(23)7-3-1-4-12-22-13-5-2-6-14-22/h8-11H,1-7,12-14H2. The van der Waals surface area contributed by atoms with Crippen molar-refractivity contribution in [3.8, 4) is 0 Å². The average Bonchev–Trinajstić information content (AvgIpc) is 2.54. The van der Waals surface area contributed by atoms with Crippen LogP contribution in [0.15, 0.2) is 24.3 Å². The third kappa shape index (κ3) is 5.98. The van der Waals surface area contributed by atoms with Crippen LogP contribution in [0.2, 0.25) is 0 Å². The molecule has 2 rings (SSSR count). The van der Waals surface area contributed by atoms with Crippen LogP contribution in [-0.2, 0) is 6.18 Å². The molecule has 1 aliphatic heterocycles. The molecule has 1 aliphatic rings. The molecule has 23 heavy (non-hydrogen) atoms. The van der Waals surface area contributed by atoms with Gasteiger partial charge in [-0.2, -0.15) is 13.2 Å². The highest BCUT2D eigenvalue weighted by molar-refractivity contribution is 5.96. The minimum Gasteiger partial charge on any atom is -0.303 e. The molecule has 0 radical (unpaired) electrons. The molecule has 0 spiro atoms. The van der Waals surface area contributed by atoms with E-state index in [2.05, 4.69) is 4.90 Å². The maximum atomic E-state index is 12.5. The van der Waals surface area contributed by atoms with Gasteiger partial charge in [-0.1, -0.05) is 25.0 Å². The van der Waals surface area contributed by atoms with Crippen LogP contribution in [0, 0.1) is 0 Å². The summed E-state index contributed by atoms with van der Waals surface area (Å²) < 4.78 is 37.4. The second-order valence-electron chi connectivity index (χ2n) is 6.21. The zero-order chi connectivity index (χ0) is 16.7. The van der Waals surface area contributed by atoms with E-state index in [0.29, 0.717) is 12.0 Å². The van der Waals surface area contributed by atoms with E-state index in [-0.39, 0.29) is 5.78 Å². The summed E-state index contributed by atoms with van der Waals surface area (Å²) in [5.74, 6) is -0.0725. The second kappa shape index (κ2) is 8.48. The quantitative estimate of drug-likeness (QED) is 0.522. The highest BCUT2D eigenvalue weighted by Gasteiger charge is 2.30. The van der Waals surface area contributed by atoms with E-state index >= 15 is 0 Å². The molecule has 0 unspecified atom stereocenters. The summed E-state index contributed by atoms with van der Waals surface area (Å²) in [6, 6.07) is 4.50. The Labute approximate surface area is 135 Å². The number of benzene rings is 1. The van der Waals surface area contributed by atoms with Crippen molar-refractivity contribution < 1.29 is 18.0 Å². The van der Waals surface area contributed by atoms with E-state index in [0.717, 1.165) is 37.9 Å². The van der Waals surface area contributed by atoms with Crippen molar-refractivity contribution in [1.29, 1.82) is 0 Å². The maximum Gasteiger partial charge on any atom is 0.416 e. The molecule has 1 fully saturated rings. The third-order valence-corrected chi connectivity index (χ3v) is 4.36. The highest BCUT2D eigenvalue weighted by atomic mass is 19.4. The predicted octanol–water partition coefficient (Wildman–Crippen LogP) is 4.93. The van der Waals surface area contributed by atoms with E-state index in [1.165, 1.54) is 44.5 Å². The van der Waals surface area contributed by atoms with E-state index in [1.54, 1.807) is 0 Å². The fraction of sp³-hybridized carbons (Fsp3) is 0.611. The number of hydrogen-bond acceptors (Lipinski definition) is 2. The fourth-order valence-electron chi connectivity index (χ4n) is 2.97. The summed E-state index contributed by atoms with van der Waals surface area (Å²) in [7, 11) is 0. The van der Waals surface area contributed by atoms with Gasteiger partial charge in [0.05, 0.1) is 5.56 Å². The lowest BCUT2D eigenvalue weighted by Crippen LogP contribution is -2.30. The summed E-state index contributed by atoms with van der Waals surface area (Å²) in [4.78, 5) is 14.5. The van der Waals surface area contributed by atoms with Gasteiger partial charge < -0.3 is 4.90 Å². The van der Waals surface area contributed by atoms with Crippen LogP contribution in [0.1, 0.15) is 60.9 Å². The number of piperidine rings is 1. The second-order valence-corrected chi connectivity index (χ2v) is 6.21. The largest absolute Gasteiger partial charge is 0.416 e. The van der Waals surface area contributed by atoms with Gasteiger partial charge in [0.1, 0.15) is 0 Å². The molecule has 2 nitrogen and oxygen atoms in total. The first-order chi connectivity index (χ1) is 11.0. The summed E-state index contributed by atoms with van der Waals surface area (Å²) in [6.07, 6.45) is 2.83. The zero-order valence-electron chi connectivity index (χ0n) is 13.4. The van der Waals surface area contributed by atoms with Crippen LogP contribution in [0.4, 0.5) is 13.2 Å². The van der Waals surface area contributed by atoms with Gasteiger partial charge in [-0.05, 0) is 57.5 Å². The topological polar surface area (TPSA) is 20.3 Å². The molecule has 0 aliphatic carbocycles. The number of alkyl halides is 3. The van der Waals surface area contributed by atoms with Gasteiger partial charge in [-0.15, -0.1) is 0 Å². The SMILES string of the molecule is O=C(CCCCCN1CCCCC1)c1ccc(C(F)(F)F)cc1. The Hall–Kier alpha value is -1.36. The van der Waals surface area contributed by atoms with Gasteiger partial charge in [0.25, 0.3) is 0 Å². The summed E-state index contributed by atoms with van der Waals surface area (Å²) in [6.45, 7) is 3.46.